The van der Waals surface area contributed by atoms with E-state index >= 15 is 0 Å². The van der Waals surface area contributed by atoms with Crippen LogP contribution in [0.4, 0.5) is 0 Å². The maximum Gasteiger partial charge on any atom is 0.253 e. The number of carbonyl (C=O) groups excluding carboxylic acids is 4. The van der Waals surface area contributed by atoms with Crippen LogP contribution in [0.5, 0.6) is 0 Å². The third-order valence-corrected chi connectivity index (χ3v) is 3.81. The minimum atomic E-state index is -0.545. The molecule has 1 unspecified atom stereocenters. The molecule has 25 heavy (non-hydrogen) atoms. The fraction of sp³-hybridized carbons (Fsp3) is 0.625. The number of thiol groups is 1. The molecule has 140 valence electrons. The van der Waals surface area contributed by atoms with Gasteiger partial charge in [0.2, 0.25) is 11.8 Å². The Morgan fingerprint density at radius 3 is 1.84 bits per heavy atom. The van der Waals surface area contributed by atoms with Crippen molar-refractivity contribution in [2.45, 2.75) is 25.5 Å². The molecule has 0 radical (unpaired) electrons. The standard InChI is InChI=1S/C14H18N2O6S.C2H6/c17-11-1-2-12(18)15(11)3-5-21-7-8-22-6-4-16-13(19)9-10(23)14(16)20;1-2/h1-2,10,23H,3-9H2;1-2H3. The maximum absolute atomic E-state index is 11.6. The smallest absolute Gasteiger partial charge is 0.253 e. The van der Waals surface area contributed by atoms with Crippen LogP contribution in [0, 0.1) is 0 Å². The van der Waals surface area contributed by atoms with Crippen molar-refractivity contribution in [1.82, 2.24) is 9.80 Å². The Hall–Kier alpha value is -1.71. The van der Waals surface area contributed by atoms with Crippen molar-refractivity contribution in [3.63, 3.8) is 0 Å². The number of hydrogen-bond donors (Lipinski definition) is 1. The molecular formula is C16H24N2O6S. The highest BCUT2D eigenvalue weighted by Crippen LogP contribution is 2.17. The molecule has 0 bridgehead atoms. The predicted molar refractivity (Wildman–Crippen MR) is 93.0 cm³/mol. The predicted octanol–water partition coefficient (Wildman–Crippen LogP) is 0.0281. The zero-order chi connectivity index (χ0) is 18.8. The van der Waals surface area contributed by atoms with Gasteiger partial charge in [0.25, 0.3) is 11.8 Å². The monoisotopic (exact) mass is 372 g/mol. The Labute approximate surface area is 152 Å². The Bertz CT molecular complexity index is 519. The number of hydrogen-bond acceptors (Lipinski definition) is 7. The summed E-state index contributed by atoms with van der Waals surface area (Å²) in [4.78, 5) is 47.8. The molecule has 8 nitrogen and oxygen atoms in total. The SMILES string of the molecule is CC.O=C1C=CC(=O)N1CCOCCOCCN1C(=O)CC(S)C1=O. The number of ether oxygens (including phenoxy) is 2. The van der Waals surface area contributed by atoms with Gasteiger partial charge < -0.3 is 9.47 Å². The van der Waals surface area contributed by atoms with Crippen LogP contribution >= 0.6 is 12.6 Å². The van der Waals surface area contributed by atoms with E-state index in [2.05, 4.69) is 12.6 Å². The van der Waals surface area contributed by atoms with Crippen molar-refractivity contribution in [1.29, 1.82) is 0 Å². The van der Waals surface area contributed by atoms with E-state index in [0.717, 1.165) is 9.80 Å². The van der Waals surface area contributed by atoms with Gasteiger partial charge in [-0.05, 0) is 0 Å². The fourth-order valence-corrected chi connectivity index (χ4v) is 2.48. The zero-order valence-electron chi connectivity index (χ0n) is 14.5. The van der Waals surface area contributed by atoms with Crippen LogP contribution < -0.4 is 0 Å². The number of rotatable bonds is 9. The van der Waals surface area contributed by atoms with Crippen molar-refractivity contribution < 1.29 is 28.7 Å². The van der Waals surface area contributed by atoms with E-state index in [1.165, 1.54) is 12.2 Å². The van der Waals surface area contributed by atoms with E-state index in [1.54, 1.807) is 0 Å². The quantitative estimate of drug-likeness (QED) is 0.349. The van der Waals surface area contributed by atoms with Crippen molar-refractivity contribution in [3.8, 4) is 0 Å². The Kier molecular flexibility index (Phi) is 9.40. The lowest BCUT2D eigenvalue weighted by Crippen LogP contribution is -2.34. The zero-order valence-corrected chi connectivity index (χ0v) is 15.4. The van der Waals surface area contributed by atoms with Crippen LogP contribution in [0.15, 0.2) is 12.2 Å². The number of likely N-dealkylation sites (tertiary alicyclic amines) is 1. The fourth-order valence-electron chi connectivity index (χ4n) is 2.19. The first-order valence-electron chi connectivity index (χ1n) is 8.22. The van der Waals surface area contributed by atoms with Gasteiger partial charge in [-0.3, -0.25) is 29.0 Å². The van der Waals surface area contributed by atoms with Crippen LogP contribution in [0.3, 0.4) is 0 Å². The summed E-state index contributed by atoms with van der Waals surface area (Å²) in [5, 5.41) is -0.545. The molecule has 0 spiro atoms. The first-order valence-corrected chi connectivity index (χ1v) is 8.73. The molecule has 1 atom stereocenters. The number of carbonyl (C=O) groups is 4. The van der Waals surface area contributed by atoms with Crippen LogP contribution in [-0.2, 0) is 28.7 Å². The van der Waals surface area contributed by atoms with Gasteiger partial charge in [-0.2, -0.15) is 12.6 Å². The first-order chi connectivity index (χ1) is 12.0. The Balaban J connectivity index is 0.00000151. The molecule has 0 aromatic carbocycles. The summed E-state index contributed by atoms with van der Waals surface area (Å²) in [6, 6.07) is 0. The van der Waals surface area contributed by atoms with Gasteiger partial charge in [0.15, 0.2) is 0 Å². The summed E-state index contributed by atoms with van der Waals surface area (Å²) < 4.78 is 10.6. The summed E-state index contributed by atoms with van der Waals surface area (Å²) >= 11 is 4.03. The Morgan fingerprint density at radius 1 is 0.920 bits per heavy atom. The largest absolute Gasteiger partial charge is 0.377 e. The molecule has 0 aromatic rings. The molecule has 0 aromatic heterocycles. The minimum Gasteiger partial charge on any atom is -0.377 e. The van der Waals surface area contributed by atoms with Gasteiger partial charge in [0.05, 0.1) is 44.8 Å². The highest BCUT2D eigenvalue weighted by molar-refractivity contribution is 7.81. The summed E-state index contributed by atoms with van der Waals surface area (Å²) in [5.41, 5.74) is 0. The maximum atomic E-state index is 11.6. The number of nitrogens with zero attached hydrogens (tertiary/aromatic N) is 2. The number of imide groups is 2. The van der Waals surface area contributed by atoms with E-state index in [1.807, 2.05) is 13.8 Å². The van der Waals surface area contributed by atoms with Crippen molar-refractivity contribution in [2.75, 3.05) is 39.5 Å². The molecule has 2 aliphatic rings. The lowest BCUT2D eigenvalue weighted by Gasteiger charge is -2.15. The van der Waals surface area contributed by atoms with Gasteiger partial charge in [0, 0.05) is 18.6 Å². The number of amides is 4. The molecule has 4 amide bonds. The summed E-state index contributed by atoms with van der Waals surface area (Å²) in [6.45, 7) is 5.45. The van der Waals surface area contributed by atoms with Gasteiger partial charge in [0.1, 0.15) is 0 Å². The van der Waals surface area contributed by atoms with Crippen LogP contribution in [-0.4, -0.2) is 78.2 Å². The second kappa shape index (κ2) is 11.0. The average molecular weight is 372 g/mol. The Morgan fingerprint density at radius 2 is 1.40 bits per heavy atom. The van der Waals surface area contributed by atoms with Crippen LogP contribution in [0.2, 0.25) is 0 Å². The molecule has 0 saturated carbocycles. The highest BCUT2D eigenvalue weighted by Gasteiger charge is 2.35. The van der Waals surface area contributed by atoms with Crippen molar-refractivity contribution in [2.24, 2.45) is 0 Å². The second-order valence-electron chi connectivity index (χ2n) is 4.99. The molecule has 0 aliphatic carbocycles. The normalized spacial score (nSPS) is 19.7. The van der Waals surface area contributed by atoms with Gasteiger partial charge >= 0.3 is 0 Å². The molecular weight excluding hydrogens is 348 g/mol. The third-order valence-electron chi connectivity index (χ3n) is 3.41. The van der Waals surface area contributed by atoms with Gasteiger partial charge in [-0.1, -0.05) is 13.8 Å². The molecule has 2 heterocycles. The van der Waals surface area contributed by atoms with Crippen LogP contribution in [0.25, 0.3) is 0 Å². The lowest BCUT2D eigenvalue weighted by molar-refractivity contribution is -0.140. The topological polar surface area (TPSA) is 93.2 Å². The summed E-state index contributed by atoms with van der Waals surface area (Å²) in [7, 11) is 0. The molecule has 1 fully saturated rings. The van der Waals surface area contributed by atoms with E-state index in [0.29, 0.717) is 13.2 Å². The third kappa shape index (κ3) is 6.26. The second-order valence-corrected chi connectivity index (χ2v) is 5.61. The molecule has 2 aliphatic heterocycles. The van der Waals surface area contributed by atoms with Crippen molar-refractivity contribution >= 4 is 36.3 Å². The average Bonchev–Trinajstić information content (AvgIpc) is 3.04. The van der Waals surface area contributed by atoms with Gasteiger partial charge in [-0.25, -0.2) is 0 Å². The van der Waals surface area contributed by atoms with E-state index in [4.69, 9.17) is 9.47 Å². The van der Waals surface area contributed by atoms with E-state index in [-0.39, 0.29) is 56.4 Å². The van der Waals surface area contributed by atoms with Gasteiger partial charge in [-0.15, -0.1) is 0 Å². The molecule has 9 heteroatoms. The highest BCUT2D eigenvalue weighted by atomic mass is 32.1. The molecule has 1 saturated heterocycles. The van der Waals surface area contributed by atoms with Crippen LogP contribution in [0.1, 0.15) is 20.3 Å². The van der Waals surface area contributed by atoms with Crippen molar-refractivity contribution in [3.05, 3.63) is 12.2 Å². The van der Waals surface area contributed by atoms with E-state index < -0.39 is 5.25 Å². The molecule has 0 N–H and O–H groups in total. The molecule has 2 rings (SSSR count). The van der Waals surface area contributed by atoms with E-state index in [9.17, 15) is 19.2 Å². The lowest BCUT2D eigenvalue weighted by atomic mass is 10.4. The minimum absolute atomic E-state index is 0.133. The summed E-state index contributed by atoms with van der Waals surface area (Å²) in [5.74, 6) is -1.19. The summed E-state index contributed by atoms with van der Waals surface area (Å²) in [6.07, 6.45) is 2.58. The first kappa shape index (κ1) is 21.3.